The van der Waals surface area contributed by atoms with Gasteiger partial charge in [0.2, 0.25) is 0 Å². The van der Waals surface area contributed by atoms with Gasteiger partial charge in [0.15, 0.2) is 0 Å². The number of hydrogen-bond donors (Lipinski definition) is 2. The molecule has 5 nitrogen and oxygen atoms in total. The maximum Gasteiger partial charge on any atom is 0.109 e. The molecule has 0 unspecified atom stereocenters. The van der Waals surface area contributed by atoms with Gasteiger partial charge in [-0.15, -0.1) is 0 Å². The first-order valence-electron chi connectivity index (χ1n) is 5.43. The zero-order chi connectivity index (χ0) is 11.4. The standard InChI is InChI=1S/C11H17N5/c1-9-10(15-8-14-9)7-12-4-3-11-13-5-6-16(11)2/h5-6,8,12H,3-4,7H2,1-2H3,(H,14,15). The quantitative estimate of drug-likeness (QED) is 0.731. The molecule has 0 saturated heterocycles. The molecule has 0 bridgehead atoms. The fourth-order valence-corrected chi connectivity index (χ4v) is 1.61. The summed E-state index contributed by atoms with van der Waals surface area (Å²) in [6, 6.07) is 0. The van der Waals surface area contributed by atoms with E-state index in [1.165, 1.54) is 0 Å². The highest BCUT2D eigenvalue weighted by molar-refractivity contribution is 5.07. The highest BCUT2D eigenvalue weighted by atomic mass is 15.0. The maximum absolute atomic E-state index is 4.27. The normalized spacial score (nSPS) is 10.9. The van der Waals surface area contributed by atoms with Gasteiger partial charge < -0.3 is 14.9 Å². The average molecular weight is 219 g/mol. The smallest absolute Gasteiger partial charge is 0.109 e. The van der Waals surface area contributed by atoms with E-state index in [-0.39, 0.29) is 0 Å². The Morgan fingerprint density at radius 3 is 2.94 bits per heavy atom. The molecule has 16 heavy (non-hydrogen) atoms. The van der Waals surface area contributed by atoms with Gasteiger partial charge in [-0.25, -0.2) is 9.97 Å². The first kappa shape index (κ1) is 10.9. The molecule has 0 aliphatic rings. The first-order chi connectivity index (χ1) is 7.77. The number of aromatic nitrogens is 4. The second-order valence-corrected chi connectivity index (χ2v) is 3.86. The minimum Gasteiger partial charge on any atom is -0.348 e. The highest BCUT2D eigenvalue weighted by Gasteiger charge is 2.01. The molecule has 0 amide bonds. The second-order valence-electron chi connectivity index (χ2n) is 3.86. The number of rotatable bonds is 5. The molecule has 2 N–H and O–H groups in total. The van der Waals surface area contributed by atoms with Crippen LogP contribution in [0.4, 0.5) is 0 Å². The van der Waals surface area contributed by atoms with Crippen LogP contribution >= 0.6 is 0 Å². The number of nitrogens with zero attached hydrogens (tertiary/aromatic N) is 3. The number of imidazole rings is 2. The van der Waals surface area contributed by atoms with Gasteiger partial charge in [-0.1, -0.05) is 0 Å². The third-order valence-corrected chi connectivity index (χ3v) is 2.67. The summed E-state index contributed by atoms with van der Waals surface area (Å²) in [5.74, 6) is 1.10. The number of H-pyrrole nitrogens is 1. The van der Waals surface area contributed by atoms with E-state index >= 15 is 0 Å². The van der Waals surface area contributed by atoms with Gasteiger partial charge in [-0.3, -0.25) is 0 Å². The van der Waals surface area contributed by atoms with Crippen LogP contribution < -0.4 is 5.32 Å². The van der Waals surface area contributed by atoms with Crippen LogP contribution in [0.5, 0.6) is 0 Å². The number of aromatic amines is 1. The molecule has 0 radical (unpaired) electrons. The summed E-state index contributed by atoms with van der Waals surface area (Å²) in [4.78, 5) is 11.6. The Morgan fingerprint density at radius 1 is 1.44 bits per heavy atom. The van der Waals surface area contributed by atoms with Gasteiger partial charge in [0.05, 0.1) is 12.0 Å². The lowest BCUT2D eigenvalue weighted by atomic mass is 10.3. The summed E-state index contributed by atoms with van der Waals surface area (Å²) in [7, 11) is 2.01. The molecule has 0 atom stereocenters. The van der Waals surface area contributed by atoms with E-state index in [9.17, 15) is 0 Å². The summed E-state index contributed by atoms with van der Waals surface area (Å²) in [5.41, 5.74) is 2.21. The minimum absolute atomic E-state index is 0.805. The van der Waals surface area contributed by atoms with Crippen molar-refractivity contribution in [3.05, 3.63) is 35.9 Å². The summed E-state index contributed by atoms with van der Waals surface area (Å²) in [6.07, 6.45) is 6.46. The maximum atomic E-state index is 4.27. The molecular weight excluding hydrogens is 202 g/mol. The van der Waals surface area contributed by atoms with Crippen LogP contribution in [0.3, 0.4) is 0 Å². The van der Waals surface area contributed by atoms with Gasteiger partial charge in [0, 0.05) is 44.6 Å². The Hall–Kier alpha value is -1.62. The lowest BCUT2D eigenvalue weighted by Crippen LogP contribution is -2.18. The van der Waals surface area contributed by atoms with Crippen LogP contribution in [0.1, 0.15) is 17.2 Å². The van der Waals surface area contributed by atoms with Crippen LogP contribution in [0.25, 0.3) is 0 Å². The molecule has 0 aromatic carbocycles. The molecule has 86 valence electrons. The molecule has 2 heterocycles. The van der Waals surface area contributed by atoms with Crippen LogP contribution in [0.15, 0.2) is 18.7 Å². The third kappa shape index (κ3) is 2.49. The number of hydrogen-bond acceptors (Lipinski definition) is 3. The Labute approximate surface area is 94.9 Å². The first-order valence-corrected chi connectivity index (χ1v) is 5.43. The van der Waals surface area contributed by atoms with Crippen molar-refractivity contribution < 1.29 is 0 Å². The fourth-order valence-electron chi connectivity index (χ4n) is 1.61. The SMILES string of the molecule is Cc1[nH]cnc1CNCCc1nccn1C. The number of nitrogens with one attached hydrogen (secondary N) is 2. The molecule has 2 aromatic heterocycles. The van der Waals surface area contributed by atoms with Gasteiger partial charge in [0.1, 0.15) is 5.82 Å². The second kappa shape index (κ2) is 4.94. The molecule has 0 fully saturated rings. The summed E-state index contributed by atoms with van der Waals surface area (Å²) < 4.78 is 2.04. The van der Waals surface area contributed by atoms with Crippen molar-refractivity contribution in [2.24, 2.45) is 7.05 Å². The predicted octanol–water partition coefficient (Wildman–Crippen LogP) is 0.784. The van der Waals surface area contributed by atoms with Crippen molar-refractivity contribution >= 4 is 0 Å². The fraction of sp³-hybridized carbons (Fsp3) is 0.455. The lowest BCUT2D eigenvalue weighted by molar-refractivity contribution is 0.646. The Kier molecular flexibility index (Phi) is 3.36. The van der Waals surface area contributed by atoms with Crippen molar-refractivity contribution in [3.63, 3.8) is 0 Å². The van der Waals surface area contributed by atoms with E-state index in [2.05, 4.69) is 20.3 Å². The summed E-state index contributed by atoms with van der Waals surface area (Å²) >= 11 is 0. The predicted molar refractivity (Wildman–Crippen MR) is 61.9 cm³/mol. The van der Waals surface area contributed by atoms with Crippen molar-refractivity contribution in [1.29, 1.82) is 0 Å². The van der Waals surface area contributed by atoms with E-state index in [1.54, 1.807) is 6.33 Å². The van der Waals surface area contributed by atoms with Crippen molar-refractivity contribution in [3.8, 4) is 0 Å². The van der Waals surface area contributed by atoms with E-state index in [1.807, 2.05) is 30.9 Å². The van der Waals surface area contributed by atoms with Crippen LogP contribution in [-0.2, 0) is 20.0 Å². The minimum atomic E-state index is 0.805. The molecule has 0 saturated carbocycles. The summed E-state index contributed by atoms with van der Waals surface area (Å²) in [5, 5.41) is 3.36. The zero-order valence-electron chi connectivity index (χ0n) is 9.70. The van der Waals surface area contributed by atoms with Crippen molar-refractivity contribution in [2.45, 2.75) is 19.9 Å². The molecule has 0 spiro atoms. The molecule has 5 heteroatoms. The molecule has 0 aliphatic heterocycles. The summed E-state index contributed by atoms with van der Waals surface area (Å²) in [6.45, 7) is 3.75. The van der Waals surface area contributed by atoms with E-state index in [0.29, 0.717) is 0 Å². The number of aryl methyl sites for hydroxylation is 2. The van der Waals surface area contributed by atoms with E-state index in [0.717, 1.165) is 36.7 Å². The highest BCUT2D eigenvalue weighted by Crippen LogP contribution is 1.99. The lowest BCUT2D eigenvalue weighted by Gasteiger charge is -2.03. The van der Waals surface area contributed by atoms with E-state index in [4.69, 9.17) is 0 Å². The van der Waals surface area contributed by atoms with Crippen LogP contribution in [-0.4, -0.2) is 26.1 Å². The Balaban J connectivity index is 1.74. The van der Waals surface area contributed by atoms with Crippen molar-refractivity contribution in [1.82, 2.24) is 24.8 Å². The van der Waals surface area contributed by atoms with Crippen molar-refractivity contribution in [2.75, 3.05) is 6.54 Å². The molecular formula is C11H17N5. The van der Waals surface area contributed by atoms with Gasteiger partial charge >= 0.3 is 0 Å². The largest absolute Gasteiger partial charge is 0.348 e. The Morgan fingerprint density at radius 2 is 2.31 bits per heavy atom. The zero-order valence-corrected chi connectivity index (χ0v) is 9.70. The third-order valence-electron chi connectivity index (χ3n) is 2.67. The Bertz CT molecular complexity index is 400. The molecule has 0 aliphatic carbocycles. The van der Waals surface area contributed by atoms with Gasteiger partial charge in [0.25, 0.3) is 0 Å². The van der Waals surface area contributed by atoms with Gasteiger partial charge in [-0.05, 0) is 6.92 Å². The van der Waals surface area contributed by atoms with E-state index < -0.39 is 0 Å². The molecule has 2 aromatic rings. The monoisotopic (exact) mass is 219 g/mol. The van der Waals surface area contributed by atoms with Gasteiger partial charge in [-0.2, -0.15) is 0 Å². The molecule has 2 rings (SSSR count). The average Bonchev–Trinajstić information content (AvgIpc) is 2.84. The topological polar surface area (TPSA) is 58.5 Å². The van der Waals surface area contributed by atoms with Crippen LogP contribution in [0, 0.1) is 6.92 Å². The van der Waals surface area contributed by atoms with Crippen LogP contribution in [0.2, 0.25) is 0 Å².